The minimum Gasteiger partial charge on any atom is -0.394 e. The fourth-order valence-electron chi connectivity index (χ4n) is 6.86. The number of ether oxygens (including phenoxy) is 2. The number of hydrogen-bond acceptors (Lipinski definition) is 8. The van der Waals surface area contributed by atoms with Crippen LogP contribution in [-0.4, -0.2) is 87.5 Å². The number of carbonyl (C=O) groups is 1. The molecular weight excluding hydrogens is 646 g/mol. The van der Waals surface area contributed by atoms with Crippen LogP contribution < -0.4 is 5.32 Å². The molecule has 1 rings (SSSR count). The van der Waals surface area contributed by atoms with Crippen LogP contribution in [0, 0.1) is 0 Å². The molecule has 302 valence electrons. The van der Waals surface area contributed by atoms with Gasteiger partial charge in [0.25, 0.3) is 0 Å². The van der Waals surface area contributed by atoms with Gasteiger partial charge in [-0.2, -0.15) is 0 Å². The van der Waals surface area contributed by atoms with E-state index < -0.39 is 49.5 Å². The molecule has 1 fully saturated rings. The molecule has 9 heteroatoms. The van der Waals surface area contributed by atoms with Crippen molar-refractivity contribution < 1.29 is 39.8 Å². The molecule has 1 heterocycles. The Morgan fingerprint density at radius 3 is 1.53 bits per heavy atom. The van der Waals surface area contributed by atoms with Crippen LogP contribution in [0.4, 0.5) is 0 Å². The van der Waals surface area contributed by atoms with Gasteiger partial charge in [0.1, 0.15) is 24.4 Å². The lowest BCUT2D eigenvalue weighted by atomic mass is 9.99. The second-order valence-electron chi connectivity index (χ2n) is 15.1. The number of aliphatic hydroxyl groups excluding tert-OH is 5. The second-order valence-corrected chi connectivity index (χ2v) is 15.1. The maximum Gasteiger partial charge on any atom is 0.220 e. The highest BCUT2D eigenvalue weighted by molar-refractivity contribution is 5.76. The Morgan fingerprint density at radius 2 is 1.08 bits per heavy atom. The van der Waals surface area contributed by atoms with Gasteiger partial charge in [-0.3, -0.25) is 4.79 Å². The van der Waals surface area contributed by atoms with Crippen molar-refractivity contribution in [2.45, 2.75) is 236 Å². The lowest BCUT2D eigenvalue weighted by molar-refractivity contribution is -0.302. The van der Waals surface area contributed by atoms with Crippen molar-refractivity contribution in [3.63, 3.8) is 0 Å². The van der Waals surface area contributed by atoms with Crippen molar-refractivity contribution in [1.29, 1.82) is 0 Å². The normalized spacial score (nSPS) is 22.1. The third-order valence-corrected chi connectivity index (χ3v) is 10.4. The van der Waals surface area contributed by atoms with Crippen LogP contribution in [0.1, 0.15) is 194 Å². The number of aliphatic hydroxyl groups is 5. The Bertz CT molecular complexity index is 812. The molecule has 0 aliphatic carbocycles. The summed E-state index contributed by atoms with van der Waals surface area (Å²) in [6.45, 7) is 3.76. The highest BCUT2D eigenvalue weighted by Crippen LogP contribution is 2.22. The van der Waals surface area contributed by atoms with Gasteiger partial charge in [0, 0.05) is 6.42 Å². The molecule has 0 radical (unpaired) electrons. The van der Waals surface area contributed by atoms with Crippen molar-refractivity contribution in [3.8, 4) is 0 Å². The summed E-state index contributed by atoms with van der Waals surface area (Å²) in [6, 6.07) is -0.797. The fourth-order valence-corrected chi connectivity index (χ4v) is 6.86. The summed E-state index contributed by atoms with van der Waals surface area (Å²) in [5.74, 6) is -0.176. The van der Waals surface area contributed by atoms with Gasteiger partial charge in [-0.15, -0.1) is 0 Å². The zero-order valence-corrected chi connectivity index (χ0v) is 32.9. The average Bonchev–Trinajstić information content (AvgIpc) is 3.13. The van der Waals surface area contributed by atoms with Crippen molar-refractivity contribution in [2.75, 3.05) is 13.2 Å². The summed E-state index contributed by atoms with van der Waals surface area (Å²) in [4.78, 5) is 12.9. The van der Waals surface area contributed by atoms with Gasteiger partial charge < -0.3 is 40.3 Å². The second kappa shape index (κ2) is 33.5. The number of allylic oxidation sites excluding steroid dienone is 1. The molecule has 51 heavy (non-hydrogen) atoms. The summed E-state index contributed by atoms with van der Waals surface area (Å²) in [7, 11) is 0. The third-order valence-electron chi connectivity index (χ3n) is 10.4. The lowest BCUT2D eigenvalue weighted by Crippen LogP contribution is -2.60. The van der Waals surface area contributed by atoms with Crippen molar-refractivity contribution in [1.82, 2.24) is 5.32 Å². The zero-order valence-electron chi connectivity index (χ0n) is 32.9. The van der Waals surface area contributed by atoms with E-state index in [2.05, 4.69) is 19.2 Å². The highest BCUT2D eigenvalue weighted by atomic mass is 16.7. The van der Waals surface area contributed by atoms with Crippen LogP contribution in [0.5, 0.6) is 0 Å². The van der Waals surface area contributed by atoms with Crippen LogP contribution >= 0.6 is 0 Å². The Kier molecular flexibility index (Phi) is 31.5. The monoisotopic (exact) mass is 728 g/mol. The summed E-state index contributed by atoms with van der Waals surface area (Å²) in [5.41, 5.74) is 0. The SMILES string of the molecule is CCCCCCCCCCCCCCCC=C[C@@H](O)[C@H](CO[C@@H]1O[C@H](CO)[C@@H](O)[C@H](O)[C@H]1O)NC(=O)CCCCCCCCCCCCCCC. The van der Waals surface area contributed by atoms with Gasteiger partial charge >= 0.3 is 0 Å². The smallest absolute Gasteiger partial charge is 0.220 e. The average molecular weight is 728 g/mol. The van der Waals surface area contributed by atoms with E-state index in [1.165, 1.54) is 135 Å². The number of carbonyl (C=O) groups excluding carboxylic acids is 1. The number of hydrogen-bond donors (Lipinski definition) is 6. The predicted molar refractivity (Wildman–Crippen MR) is 207 cm³/mol. The Morgan fingerprint density at radius 1 is 0.647 bits per heavy atom. The summed E-state index contributed by atoms with van der Waals surface area (Å²) >= 11 is 0. The first-order chi connectivity index (χ1) is 24.8. The molecule has 1 aliphatic heterocycles. The van der Waals surface area contributed by atoms with E-state index in [0.29, 0.717) is 6.42 Å². The van der Waals surface area contributed by atoms with Gasteiger partial charge in [-0.05, 0) is 19.3 Å². The molecule has 6 N–H and O–H groups in total. The molecule has 1 aliphatic rings. The topological polar surface area (TPSA) is 149 Å². The number of nitrogens with one attached hydrogen (secondary N) is 1. The summed E-state index contributed by atoms with van der Waals surface area (Å²) in [5, 5.41) is 54.0. The number of unbranched alkanes of at least 4 members (excludes halogenated alkanes) is 25. The van der Waals surface area contributed by atoms with Crippen LogP contribution in [0.25, 0.3) is 0 Å². The molecular formula is C42H81NO8. The number of amides is 1. The standard InChI is InChI=1S/C42H81NO8/c1-3-5-7-9-11-13-15-17-18-20-21-23-25-27-29-31-36(45)35(34-50-42-41(49)40(48)39(47)37(33-44)51-42)43-38(46)32-30-28-26-24-22-19-16-14-12-10-8-6-4-2/h29,31,35-37,39-42,44-45,47-49H,3-28,30,32-34H2,1-2H3,(H,43,46)/t35-,36+,37+,39+,40-,41+,42+/m0/s1. The zero-order chi connectivity index (χ0) is 37.4. The van der Waals surface area contributed by atoms with Crippen LogP contribution in [-0.2, 0) is 14.3 Å². The van der Waals surface area contributed by atoms with Gasteiger partial charge in [-0.25, -0.2) is 0 Å². The molecule has 0 unspecified atom stereocenters. The molecule has 0 aromatic heterocycles. The first-order valence-electron chi connectivity index (χ1n) is 21.4. The van der Waals surface area contributed by atoms with E-state index in [1.807, 2.05) is 6.08 Å². The van der Waals surface area contributed by atoms with Crippen LogP contribution in [0.15, 0.2) is 12.2 Å². The highest BCUT2D eigenvalue weighted by Gasteiger charge is 2.44. The molecule has 0 bridgehead atoms. The van der Waals surface area contributed by atoms with E-state index in [0.717, 1.165) is 38.5 Å². The van der Waals surface area contributed by atoms with E-state index >= 15 is 0 Å². The molecule has 1 saturated heterocycles. The minimum absolute atomic E-state index is 0.176. The largest absolute Gasteiger partial charge is 0.394 e. The Labute approximate surface area is 312 Å². The van der Waals surface area contributed by atoms with E-state index in [1.54, 1.807) is 6.08 Å². The van der Waals surface area contributed by atoms with E-state index in [-0.39, 0.29) is 12.5 Å². The predicted octanol–water partition coefficient (Wildman–Crippen LogP) is 8.17. The van der Waals surface area contributed by atoms with Gasteiger partial charge in [-0.1, -0.05) is 180 Å². The van der Waals surface area contributed by atoms with Crippen LogP contribution in [0.2, 0.25) is 0 Å². The van der Waals surface area contributed by atoms with Crippen molar-refractivity contribution in [2.24, 2.45) is 0 Å². The Balaban J connectivity index is 2.40. The summed E-state index contributed by atoms with van der Waals surface area (Å²) in [6.07, 6.45) is 29.6. The van der Waals surface area contributed by atoms with Gasteiger partial charge in [0.2, 0.25) is 5.91 Å². The molecule has 9 nitrogen and oxygen atoms in total. The maximum atomic E-state index is 12.9. The number of rotatable bonds is 35. The molecule has 0 aromatic carbocycles. The van der Waals surface area contributed by atoms with E-state index in [4.69, 9.17) is 9.47 Å². The minimum atomic E-state index is -1.56. The van der Waals surface area contributed by atoms with Crippen LogP contribution in [0.3, 0.4) is 0 Å². The quantitative estimate of drug-likeness (QED) is 0.0283. The summed E-state index contributed by atoms with van der Waals surface area (Å²) < 4.78 is 11.2. The maximum absolute atomic E-state index is 12.9. The molecule has 0 spiro atoms. The van der Waals surface area contributed by atoms with E-state index in [9.17, 15) is 30.3 Å². The molecule has 7 atom stereocenters. The first-order valence-corrected chi connectivity index (χ1v) is 21.4. The van der Waals surface area contributed by atoms with Gasteiger partial charge in [0.15, 0.2) is 6.29 Å². The Hall–Kier alpha value is -1.07. The molecule has 0 aromatic rings. The third kappa shape index (κ3) is 24.8. The lowest BCUT2D eigenvalue weighted by Gasteiger charge is -2.40. The molecule has 0 saturated carbocycles. The molecule has 1 amide bonds. The van der Waals surface area contributed by atoms with Crippen molar-refractivity contribution in [3.05, 3.63) is 12.2 Å². The first kappa shape index (κ1) is 48.0. The fraction of sp³-hybridized carbons (Fsp3) is 0.929. The van der Waals surface area contributed by atoms with Crippen molar-refractivity contribution >= 4 is 5.91 Å². The van der Waals surface area contributed by atoms with Gasteiger partial charge in [0.05, 0.1) is 25.4 Å².